The third kappa shape index (κ3) is 9.85. The lowest BCUT2D eigenvalue weighted by Gasteiger charge is -2.03. The zero-order valence-electron chi connectivity index (χ0n) is 9.06. The second-order valence-electron chi connectivity index (χ2n) is 3.43. The average Bonchev–Trinajstić information content (AvgIpc) is 2.18. The van der Waals surface area contributed by atoms with Crippen molar-refractivity contribution >= 4 is 17.6 Å². The quantitative estimate of drug-likeness (QED) is 0.338. The van der Waals surface area contributed by atoms with E-state index in [1.54, 1.807) is 0 Å². The number of esters is 1. The highest BCUT2D eigenvalue weighted by Crippen LogP contribution is 2.05. The van der Waals surface area contributed by atoms with Gasteiger partial charge in [0.2, 0.25) is 0 Å². The maximum atomic E-state index is 11.1. The van der Waals surface area contributed by atoms with Crippen LogP contribution in [0, 0.1) is 0 Å². The predicted octanol–water partition coefficient (Wildman–Crippen LogP) is 3.52. The van der Waals surface area contributed by atoms with E-state index in [2.05, 4.69) is 6.92 Å². The van der Waals surface area contributed by atoms with Crippen molar-refractivity contribution in [2.75, 3.05) is 12.5 Å². The van der Waals surface area contributed by atoms with Crippen LogP contribution in [0.15, 0.2) is 0 Å². The van der Waals surface area contributed by atoms with E-state index in [0.717, 1.165) is 19.3 Å². The molecule has 0 saturated carbocycles. The molecular weight excluding hydrogens is 200 g/mol. The zero-order chi connectivity index (χ0) is 10.6. The summed E-state index contributed by atoms with van der Waals surface area (Å²) < 4.78 is 4.97. The van der Waals surface area contributed by atoms with Gasteiger partial charge in [-0.1, -0.05) is 32.6 Å². The highest BCUT2D eigenvalue weighted by atomic mass is 35.5. The lowest BCUT2D eigenvalue weighted by atomic mass is 10.1. The maximum Gasteiger partial charge on any atom is 0.305 e. The van der Waals surface area contributed by atoms with E-state index in [1.807, 2.05) is 0 Å². The van der Waals surface area contributed by atoms with E-state index in [1.165, 1.54) is 19.3 Å². The molecule has 0 heterocycles. The Hall–Kier alpha value is -0.240. The molecule has 0 aromatic carbocycles. The van der Waals surface area contributed by atoms with Gasteiger partial charge in [0.25, 0.3) is 0 Å². The van der Waals surface area contributed by atoms with Crippen LogP contribution in [0.25, 0.3) is 0 Å². The van der Waals surface area contributed by atoms with Gasteiger partial charge in [-0.2, -0.15) is 0 Å². The van der Waals surface area contributed by atoms with Crippen molar-refractivity contribution in [2.24, 2.45) is 0 Å². The summed E-state index contributed by atoms with van der Waals surface area (Å²) in [5.74, 6) is 0.482. The molecule has 0 N–H and O–H groups in total. The van der Waals surface area contributed by atoms with E-state index in [0.29, 0.717) is 18.9 Å². The molecule has 0 fully saturated rings. The first kappa shape index (κ1) is 13.8. The van der Waals surface area contributed by atoms with Crippen molar-refractivity contribution in [3.05, 3.63) is 0 Å². The van der Waals surface area contributed by atoms with Crippen LogP contribution < -0.4 is 0 Å². The minimum absolute atomic E-state index is 0.0772. The summed E-state index contributed by atoms with van der Waals surface area (Å²) in [6.45, 7) is 2.65. The number of unbranched alkanes of at least 4 members (excludes halogenated alkanes) is 4. The molecule has 2 nitrogen and oxygen atoms in total. The molecule has 0 atom stereocenters. The highest BCUT2D eigenvalue weighted by molar-refractivity contribution is 6.17. The standard InChI is InChI=1S/C11H21ClO2/c1-2-3-4-5-6-8-11(13)14-10-7-9-12/h2-10H2,1H3. The summed E-state index contributed by atoms with van der Waals surface area (Å²) in [5, 5.41) is 0. The minimum Gasteiger partial charge on any atom is -0.466 e. The number of ether oxygens (including phenoxy) is 1. The Morgan fingerprint density at radius 1 is 1.14 bits per heavy atom. The monoisotopic (exact) mass is 220 g/mol. The second-order valence-corrected chi connectivity index (χ2v) is 3.81. The molecular formula is C11H21ClO2. The van der Waals surface area contributed by atoms with E-state index < -0.39 is 0 Å². The lowest BCUT2D eigenvalue weighted by Crippen LogP contribution is -2.05. The topological polar surface area (TPSA) is 26.3 Å². The van der Waals surface area contributed by atoms with Crippen LogP contribution in [0.3, 0.4) is 0 Å². The van der Waals surface area contributed by atoms with Gasteiger partial charge in [-0.25, -0.2) is 0 Å². The van der Waals surface area contributed by atoms with Crippen LogP contribution in [-0.4, -0.2) is 18.5 Å². The summed E-state index contributed by atoms with van der Waals surface area (Å²) in [6, 6.07) is 0. The fraction of sp³-hybridized carbons (Fsp3) is 0.909. The van der Waals surface area contributed by atoms with Gasteiger partial charge in [0.1, 0.15) is 0 Å². The van der Waals surface area contributed by atoms with Gasteiger partial charge in [-0.3, -0.25) is 4.79 Å². The van der Waals surface area contributed by atoms with Crippen LogP contribution in [-0.2, 0) is 9.53 Å². The smallest absolute Gasteiger partial charge is 0.305 e. The van der Waals surface area contributed by atoms with Crippen molar-refractivity contribution in [2.45, 2.75) is 51.9 Å². The maximum absolute atomic E-state index is 11.1. The van der Waals surface area contributed by atoms with Crippen molar-refractivity contribution in [1.29, 1.82) is 0 Å². The molecule has 0 spiro atoms. The van der Waals surface area contributed by atoms with E-state index >= 15 is 0 Å². The molecule has 0 saturated heterocycles. The number of hydrogen-bond acceptors (Lipinski definition) is 2. The second kappa shape index (κ2) is 10.8. The fourth-order valence-electron chi connectivity index (χ4n) is 1.19. The molecule has 0 aliphatic rings. The highest BCUT2D eigenvalue weighted by Gasteiger charge is 2.01. The first-order chi connectivity index (χ1) is 6.81. The lowest BCUT2D eigenvalue weighted by molar-refractivity contribution is -0.143. The molecule has 14 heavy (non-hydrogen) atoms. The number of halogens is 1. The number of carbonyl (C=O) groups excluding carboxylic acids is 1. The third-order valence-corrected chi connectivity index (χ3v) is 2.29. The van der Waals surface area contributed by atoms with Crippen molar-refractivity contribution in [3.8, 4) is 0 Å². The third-order valence-electron chi connectivity index (χ3n) is 2.03. The van der Waals surface area contributed by atoms with Gasteiger partial charge in [0, 0.05) is 12.3 Å². The molecule has 0 aliphatic heterocycles. The van der Waals surface area contributed by atoms with E-state index in [9.17, 15) is 4.79 Å². The molecule has 0 aliphatic carbocycles. The predicted molar refractivity (Wildman–Crippen MR) is 59.7 cm³/mol. The van der Waals surface area contributed by atoms with Crippen molar-refractivity contribution in [1.82, 2.24) is 0 Å². The van der Waals surface area contributed by atoms with Gasteiger partial charge in [-0.15, -0.1) is 11.6 Å². The molecule has 0 aromatic rings. The SMILES string of the molecule is CCCCCCCC(=O)OCCCCl. The minimum atomic E-state index is -0.0772. The van der Waals surface area contributed by atoms with Crippen LogP contribution in [0.2, 0.25) is 0 Å². The summed E-state index contributed by atoms with van der Waals surface area (Å²) in [4.78, 5) is 11.1. The molecule has 0 radical (unpaired) electrons. The molecule has 0 amide bonds. The van der Waals surface area contributed by atoms with Crippen LogP contribution in [0.1, 0.15) is 51.9 Å². The van der Waals surface area contributed by atoms with Crippen LogP contribution in [0.4, 0.5) is 0 Å². The van der Waals surface area contributed by atoms with E-state index in [4.69, 9.17) is 16.3 Å². The number of carbonyl (C=O) groups is 1. The van der Waals surface area contributed by atoms with Gasteiger partial charge in [0.05, 0.1) is 6.61 Å². The number of rotatable bonds is 9. The molecule has 3 heteroatoms. The summed E-state index contributed by atoms with van der Waals surface area (Å²) in [7, 11) is 0. The Labute approximate surface area is 92.0 Å². The number of alkyl halides is 1. The first-order valence-corrected chi connectivity index (χ1v) is 6.06. The normalized spacial score (nSPS) is 10.1. The molecule has 0 bridgehead atoms. The fourth-order valence-corrected chi connectivity index (χ4v) is 1.29. The summed E-state index contributed by atoms with van der Waals surface area (Å²) in [5.41, 5.74) is 0. The Balaban J connectivity index is 3.10. The summed E-state index contributed by atoms with van der Waals surface area (Å²) in [6.07, 6.45) is 7.14. The molecule has 84 valence electrons. The summed E-state index contributed by atoms with van der Waals surface area (Å²) >= 11 is 5.46. The molecule has 0 rings (SSSR count). The molecule has 0 unspecified atom stereocenters. The van der Waals surface area contributed by atoms with Gasteiger partial charge in [-0.05, 0) is 12.8 Å². The number of hydrogen-bond donors (Lipinski definition) is 0. The van der Waals surface area contributed by atoms with Gasteiger partial charge in [0.15, 0.2) is 0 Å². The van der Waals surface area contributed by atoms with Gasteiger partial charge >= 0.3 is 5.97 Å². The van der Waals surface area contributed by atoms with E-state index in [-0.39, 0.29) is 5.97 Å². The Kier molecular flexibility index (Phi) is 10.7. The molecule has 0 aromatic heterocycles. The van der Waals surface area contributed by atoms with Crippen molar-refractivity contribution < 1.29 is 9.53 Å². The van der Waals surface area contributed by atoms with Crippen molar-refractivity contribution in [3.63, 3.8) is 0 Å². The Morgan fingerprint density at radius 2 is 1.86 bits per heavy atom. The zero-order valence-corrected chi connectivity index (χ0v) is 9.81. The Morgan fingerprint density at radius 3 is 2.50 bits per heavy atom. The first-order valence-electron chi connectivity index (χ1n) is 5.52. The van der Waals surface area contributed by atoms with Crippen LogP contribution in [0.5, 0.6) is 0 Å². The Bertz CT molecular complexity index is 137. The van der Waals surface area contributed by atoms with Gasteiger partial charge < -0.3 is 4.74 Å². The largest absolute Gasteiger partial charge is 0.466 e. The average molecular weight is 221 g/mol. The van der Waals surface area contributed by atoms with Crippen LogP contribution >= 0.6 is 11.6 Å².